The molecule has 1 aromatic heterocycles. The number of hydrogen-bond donors (Lipinski definition) is 1. The minimum atomic E-state index is -1.09. The van der Waals surface area contributed by atoms with Crippen molar-refractivity contribution in [2.75, 3.05) is 32.8 Å². The number of carbonyl (C=O) groups excluding carboxylic acids is 1. The Hall–Kier alpha value is -2.91. The number of amides is 1. The standard InChI is InChI=1S/C21H28N4O5/c1-21(2,3)30-20(28)25(24-11-13-29-14-12-24)10-9-23-15-22-17(19(26)27)18(23)16-7-5-4-6-8-16/h4-8,15H,9-14H2,1-3H3,(H,26,27). The second-order valence-corrected chi connectivity index (χ2v) is 7.98. The first-order chi connectivity index (χ1) is 14.3. The lowest BCUT2D eigenvalue weighted by Crippen LogP contribution is -2.53. The number of aromatic carboxylic acids is 1. The third kappa shape index (κ3) is 5.37. The first-order valence-corrected chi connectivity index (χ1v) is 9.93. The summed E-state index contributed by atoms with van der Waals surface area (Å²) in [5.41, 5.74) is 0.621. The Morgan fingerprint density at radius 2 is 1.87 bits per heavy atom. The van der Waals surface area contributed by atoms with E-state index in [-0.39, 0.29) is 5.69 Å². The Balaban J connectivity index is 1.84. The normalized spacial score (nSPS) is 15.0. The van der Waals surface area contributed by atoms with Gasteiger partial charge in [0.2, 0.25) is 0 Å². The summed E-state index contributed by atoms with van der Waals surface area (Å²) in [4.78, 5) is 28.6. The summed E-state index contributed by atoms with van der Waals surface area (Å²) in [6, 6.07) is 9.24. The largest absolute Gasteiger partial charge is 0.476 e. The monoisotopic (exact) mass is 416 g/mol. The summed E-state index contributed by atoms with van der Waals surface area (Å²) in [6.07, 6.45) is 1.06. The number of carboxylic acid groups (broad SMARTS) is 1. The van der Waals surface area contributed by atoms with E-state index >= 15 is 0 Å². The number of ether oxygens (including phenoxy) is 2. The van der Waals surface area contributed by atoms with Crippen LogP contribution in [0.4, 0.5) is 4.79 Å². The molecule has 0 aliphatic carbocycles. The molecule has 1 aromatic carbocycles. The van der Waals surface area contributed by atoms with Crippen LogP contribution in [0.15, 0.2) is 36.7 Å². The van der Waals surface area contributed by atoms with Gasteiger partial charge >= 0.3 is 12.1 Å². The molecule has 30 heavy (non-hydrogen) atoms. The number of hydrazine groups is 1. The fourth-order valence-corrected chi connectivity index (χ4v) is 3.27. The number of rotatable bonds is 6. The molecule has 1 aliphatic rings. The molecule has 0 unspecified atom stereocenters. The van der Waals surface area contributed by atoms with Gasteiger partial charge in [-0.1, -0.05) is 30.3 Å². The highest BCUT2D eigenvalue weighted by Gasteiger charge is 2.28. The second-order valence-electron chi connectivity index (χ2n) is 7.98. The highest BCUT2D eigenvalue weighted by Crippen LogP contribution is 2.23. The summed E-state index contributed by atoms with van der Waals surface area (Å²) >= 11 is 0. The molecule has 2 aromatic rings. The van der Waals surface area contributed by atoms with Crippen molar-refractivity contribution in [1.82, 2.24) is 19.6 Å². The van der Waals surface area contributed by atoms with Crippen molar-refractivity contribution in [3.8, 4) is 11.3 Å². The molecule has 9 nitrogen and oxygen atoms in total. The maximum absolute atomic E-state index is 12.8. The lowest BCUT2D eigenvalue weighted by molar-refractivity contribution is -0.0929. The van der Waals surface area contributed by atoms with Crippen LogP contribution in [0.1, 0.15) is 31.3 Å². The molecule has 9 heteroatoms. The summed E-state index contributed by atoms with van der Waals surface area (Å²) in [6.45, 7) is 8.36. The molecule has 0 spiro atoms. The third-order valence-corrected chi connectivity index (χ3v) is 4.57. The molecule has 0 radical (unpaired) electrons. The Kier molecular flexibility index (Phi) is 6.73. The highest BCUT2D eigenvalue weighted by molar-refractivity contribution is 5.93. The van der Waals surface area contributed by atoms with Crippen LogP contribution >= 0.6 is 0 Å². The van der Waals surface area contributed by atoms with E-state index in [0.29, 0.717) is 45.1 Å². The van der Waals surface area contributed by atoms with E-state index in [1.807, 2.05) is 56.1 Å². The highest BCUT2D eigenvalue weighted by atomic mass is 16.6. The van der Waals surface area contributed by atoms with Crippen molar-refractivity contribution < 1.29 is 24.2 Å². The molecule has 1 aliphatic heterocycles. The molecule has 1 fully saturated rings. The number of imidazole rings is 1. The maximum Gasteiger partial charge on any atom is 0.425 e. The predicted molar refractivity (Wildman–Crippen MR) is 110 cm³/mol. The molecule has 2 heterocycles. The Morgan fingerprint density at radius 1 is 1.20 bits per heavy atom. The number of morpholine rings is 1. The average molecular weight is 416 g/mol. The van der Waals surface area contributed by atoms with Gasteiger partial charge in [-0.15, -0.1) is 0 Å². The van der Waals surface area contributed by atoms with Crippen LogP contribution in [0.2, 0.25) is 0 Å². The quantitative estimate of drug-likeness (QED) is 0.773. The Bertz CT molecular complexity index is 869. The smallest absolute Gasteiger partial charge is 0.425 e. The van der Waals surface area contributed by atoms with Gasteiger partial charge in [0, 0.05) is 25.2 Å². The molecule has 1 N–H and O–H groups in total. The number of carboxylic acids is 1. The fraction of sp³-hybridized carbons (Fsp3) is 0.476. The minimum Gasteiger partial charge on any atom is -0.476 e. The number of carbonyl (C=O) groups is 2. The van der Waals surface area contributed by atoms with Crippen molar-refractivity contribution >= 4 is 12.1 Å². The van der Waals surface area contributed by atoms with Gasteiger partial charge in [0.05, 0.1) is 31.8 Å². The van der Waals surface area contributed by atoms with Gasteiger partial charge in [0.15, 0.2) is 5.69 Å². The topological polar surface area (TPSA) is 97.1 Å². The van der Waals surface area contributed by atoms with E-state index in [0.717, 1.165) is 5.56 Å². The van der Waals surface area contributed by atoms with Gasteiger partial charge in [0.1, 0.15) is 5.60 Å². The zero-order valence-electron chi connectivity index (χ0n) is 17.6. The van der Waals surface area contributed by atoms with E-state index in [2.05, 4.69) is 4.98 Å². The van der Waals surface area contributed by atoms with E-state index in [9.17, 15) is 14.7 Å². The Morgan fingerprint density at radius 3 is 2.47 bits per heavy atom. The van der Waals surface area contributed by atoms with Crippen LogP contribution < -0.4 is 0 Å². The Labute approximate surface area is 175 Å². The van der Waals surface area contributed by atoms with Gasteiger partial charge in [-0.25, -0.2) is 24.6 Å². The molecule has 1 amide bonds. The van der Waals surface area contributed by atoms with E-state index in [1.54, 1.807) is 9.58 Å². The zero-order valence-corrected chi connectivity index (χ0v) is 17.6. The molecule has 0 saturated carbocycles. The van der Waals surface area contributed by atoms with Crippen molar-refractivity contribution in [2.24, 2.45) is 0 Å². The number of aromatic nitrogens is 2. The van der Waals surface area contributed by atoms with Crippen molar-refractivity contribution in [2.45, 2.75) is 32.9 Å². The molecule has 0 bridgehead atoms. The van der Waals surface area contributed by atoms with Crippen LogP contribution in [0, 0.1) is 0 Å². The van der Waals surface area contributed by atoms with Crippen LogP contribution in [-0.4, -0.2) is 75.2 Å². The van der Waals surface area contributed by atoms with Crippen LogP contribution in [0.25, 0.3) is 11.3 Å². The zero-order chi connectivity index (χ0) is 21.7. The fourth-order valence-electron chi connectivity index (χ4n) is 3.27. The molecule has 162 valence electrons. The van der Waals surface area contributed by atoms with Crippen LogP contribution in [0.3, 0.4) is 0 Å². The minimum absolute atomic E-state index is 0.0172. The van der Waals surface area contributed by atoms with Gasteiger partial charge in [0.25, 0.3) is 0 Å². The lowest BCUT2D eigenvalue weighted by atomic mass is 10.1. The SMILES string of the molecule is CC(C)(C)OC(=O)N(CCn1cnc(C(=O)O)c1-c1ccccc1)N1CCOCC1. The van der Waals surface area contributed by atoms with Gasteiger partial charge in [-0.05, 0) is 20.8 Å². The molecule has 1 saturated heterocycles. The van der Waals surface area contributed by atoms with Crippen molar-refractivity contribution in [1.29, 1.82) is 0 Å². The maximum atomic E-state index is 12.8. The van der Waals surface area contributed by atoms with Crippen LogP contribution in [0.5, 0.6) is 0 Å². The lowest BCUT2D eigenvalue weighted by Gasteiger charge is -2.38. The molecule has 3 rings (SSSR count). The number of hydrogen-bond acceptors (Lipinski definition) is 6. The van der Waals surface area contributed by atoms with Gasteiger partial charge < -0.3 is 19.1 Å². The van der Waals surface area contributed by atoms with E-state index in [1.165, 1.54) is 6.33 Å². The summed E-state index contributed by atoms with van der Waals surface area (Å²) in [5.74, 6) is -1.09. The summed E-state index contributed by atoms with van der Waals surface area (Å²) in [7, 11) is 0. The molecule has 0 atom stereocenters. The van der Waals surface area contributed by atoms with Crippen molar-refractivity contribution in [3.63, 3.8) is 0 Å². The molecular formula is C21H28N4O5. The van der Waals surface area contributed by atoms with E-state index < -0.39 is 17.7 Å². The van der Waals surface area contributed by atoms with Gasteiger partial charge in [-0.3, -0.25) is 0 Å². The first-order valence-electron chi connectivity index (χ1n) is 9.93. The van der Waals surface area contributed by atoms with Crippen LogP contribution in [-0.2, 0) is 16.0 Å². The van der Waals surface area contributed by atoms with Crippen molar-refractivity contribution in [3.05, 3.63) is 42.4 Å². The van der Waals surface area contributed by atoms with E-state index in [4.69, 9.17) is 9.47 Å². The molecular weight excluding hydrogens is 388 g/mol. The predicted octanol–water partition coefficient (Wildman–Crippen LogP) is 2.73. The average Bonchev–Trinajstić information content (AvgIpc) is 3.12. The number of benzene rings is 1. The van der Waals surface area contributed by atoms with Gasteiger partial charge in [-0.2, -0.15) is 0 Å². The number of nitrogens with zero attached hydrogens (tertiary/aromatic N) is 4. The summed E-state index contributed by atoms with van der Waals surface area (Å²) < 4.78 is 12.7. The summed E-state index contributed by atoms with van der Waals surface area (Å²) in [5, 5.41) is 13.0. The second kappa shape index (κ2) is 9.27. The first kappa shape index (κ1) is 21.8. The third-order valence-electron chi connectivity index (χ3n) is 4.57.